The zero-order valence-electron chi connectivity index (χ0n) is 16.6. The van der Waals surface area contributed by atoms with Crippen LogP contribution in [0.2, 0.25) is 0 Å². The standard InChI is InChI=1S/C22H27NO5S/c1-2-28-22(27)18-14-7-5-3-4-6-8-15(14)29-20(18)23-19(24)16-12-9-10-13(11-12)17(16)21(25)26/h9-10,12-13,16-17H,2-8,11H2,1H3,(H,23,24)(H,25,26)/t12-,13-,16+,17+/m0/s1. The Morgan fingerprint density at radius 1 is 1.10 bits per heavy atom. The van der Waals surface area contributed by atoms with Crippen LogP contribution in [-0.2, 0) is 27.2 Å². The van der Waals surface area contributed by atoms with Gasteiger partial charge in [0.2, 0.25) is 5.91 Å². The lowest BCUT2D eigenvalue weighted by Crippen LogP contribution is -2.36. The summed E-state index contributed by atoms with van der Waals surface area (Å²) < 4.78 is 5.29. The van der Waals surface area contributed by atoms with Crippen molar-refractivity contribution in [1.82, 2.24) is 0 Å². The molecular weight excluding hydrogens is 390 g/mol. The van der Waals surface area contributed by atoms with E-state index in [0.29, 0.717) is 17.0 Å². The fraction of sp³-hybridized carbons (Fsp3) is 0.591. The number of thiophene rings is 1. The Hall–Kier alpha value is -2.15. The molecule has 0 aromatic carbocycles. The van der Waals surface area contributed by atoms with Crippen molar-refractivity contribution in [3.05, 3.63) is 28.2 Å². The van der Waals surface area contributed by atoms with Crippen LogP contribution in [0.1, 0.15) is 59.8 Å². The van der Waals surface area contributed by atoms with Gasteiger partial charge in [0.25, 0.3) is 0 Å². The predicted molar refractivity (Wildman–Crippen MR) is 110 cm³/mol. The number of aliphatic carboxylic acids is 1. The molecule has 0 aliphatic heterocycles. The smallest absolute Gasteiger partial charge is 0.341 e. The molecule has 156 valence electrons. The van der Waals surface area contributed by atoms with Crippen LogP contribution < -0.4 is 5.32 Å². The normalized spacial score (nSPS) is 27.8. The van der Waals surface area contributed by atoms with Gasteiger partial charge in [-0.3, -0.25) is 9.59 Å². The van der Waals surface area contributed by atoms with Crippen molar-refractivity contribution in [2.45, 2.75) is 51.9 Å². The third-order valence-electron chi connectivity index (χ3n) is 6.43. The van der Waals surface area contributed by atoms with Gasteiger partial charge in [-0.25, -0.2) is 4.79 Å². The molecule has 0 saturated heterocycles. The van der Waals surface area contributed by atoms with E-state index in [-0.39, 0.29) is 24.3 Å². The summed E-state index contributed by atoms with van der Waals surface area (Å²) in [5.41, 5.74) is 1.48. The molecule has 3 aliphatic carbocycles. The van der Waals surface area contributed by atoms with Gasteiger partial charge in [0, 0.05) is 4.88 Å². The van der Waals surface area contributed by atoms with Gasteiger partial charge in [0.15, 0.2) is 0 Å². The van der Waals surface area contributed by atoms with Gasteiger partial charge in [-0.05, 0) is 56.4 Å². The highest BCUT2D eigenvalue weighted by Crippen LogP contribution is 2.49. The number of ether oxygens (including phenoxy) is 1. The molecule has 7 heteroatoms. The number of anilines is 1. The van der Waals surface area contributed by atoms with Crippen molar-refractivity contribution < 1.29 is 24.2 Å². The van der Waals surface area contributed by atoms with E-state index in [1.54, 1.807) is 6.92 Å². The highest BCUT2D eigenvalue weighted by Gasteiger charge is 2.51. The van der Waals surface area contributed by atoms with E-state index in [1.807, 2.05) is 12.2 Å². The van der Waals surface area contributed by atoms with Crippen LogP contribution in [0, 0.1) is 23.7 Å². The number of carbonyl (C=O) groups excluding carboxylic acids is 2. The summed E-state index contributed by atoms with van der Waals surface area (Å²) in [5.74, 6) is -3.04. The highest BCUT2D eigenvalue weighted by atomic mass is 32.1. The first-order valence-corrected chi connectivity index (χ1v) is 11.4. The lowest BCUT2D eigenvalue weighted by atomic mass is 9.82. The second kappa shape index (κ2) is 8.30. The van der Waals surface area contributed by atoms with E-state index in [0.717, 1.165) is 42.5 Å². The fourth-order valence-electron chi connectivity index (χ4n) is 5.14. The van der Waals surface area contributed by atoms with Crippen molar-refractivity contribution in [1.29, 1.82) is 0 Å². The summed E-state index contributed by atoms with van der Waals surface area (Å²) in [6, 6.07) is 0. The number of hydrogen-bond donors (Lipinski definition) is 2. The van der Waals surface area contributed by atoms with Crippen LogP contribution in [-0.4, -0.2) is 29.6 Å². The second-order valence-electron chi connectivity index (χ2n) is 8.17. The average molecular weight is 418 g/mol. The van der Waals surface area contributed by atoms with Crippen molar-refractivity contribution in [3.8, 4) is 0 Å². The van der Waals surface area contributed by atoms with Crippen molar-refractivity contribution >= 4 is 34.2 Å². The van der Waals surface area contributed by atoms with Gasteiger partial charge >= 0.3 is 11.9 Å². The largest absolute Gasteiger partial charge is 0.481 e. The zero-order chi connectivity index (χ0) is 20.5. The van der Waals surface area contributed by atoms with Gasteiger partial charge in [0.05, 0.1) is 24.0 Å². The molecule has 1 aromatic rings. The van der Waals surface area contributed by atoms with E-state index < -0.39 is 23.8 Å². The van der Waals surface area contributed by atoms with E-state index in [4.69, 9.17) is 4.74 Å². The van der Waals surface area contributed by atoms with Gasteiger partial charge < -0.3 is 15.2 Å². The molecule has 3 aliphatic rings. The van der Waals surface area contributed by atoms with Gasteiger partial charge in [-0.15, -0.1) is 11.3 Å². The Kier molecular flexibility index (Phi) is 5.76. The molecule has 1 heterocycles. The first-order chi connectivity index (χ1) is 14.0. The summed E-state index contributed by atoms with van der Waals surface area (Å²) in [6.07, 6.45) is 10.7. The van der Waals surface area contributed by atoms with Crippen LogP contribution >= 0.6 is 11.3 Å². The predicted octanol–water partition coefficient (Wildman–Crippen LogP) is 4.05. The molecule has 29 heavy (non-hydrogen) atoms. The number of amides is 1. The Balaban J connectivity index is 1.64. The highest BCUT2D eigenvalue weighted by molar-refractivity contribution is 7.17. The quantitative estimate of drug-likeness (QED) is 0.557. The minimum Gasteiger partial charge on any atom is -0.481 e. The zero-order valence-corrected chi connectivity index (χ0v) is 17.4. The number of carboxylic acid groups (broad SMARTS) is 1. The van der Waals surface area contributed by atoms with E-state index in [1.165, 1.54) is 17.8 Å². The van der Waals surface area contributed by atoms with E-state index in [9.17, 15) is 19.5 Å². The van der Waals surface area contributed by atoms with E-state index >= 15 is 0 Å². The summed E-state index contributed by atoms with van der Waals surface area (Å²) >= 11 is 1.46. The lowest BCUT2D eigenvalue weighted by Gasteiger charge is -2.23. The molecule has 1 amide bonds. The number of hydrogen-bond acceptors (Lipinski definition) is 5. The van der Waals surface area contributed by atoms with Gasteiger partial charge in [-0.1, -0.05) is 25.0 Å². The molecule has 0 unspecified atom stereocenters. The third kappa shape index (κ3) is 3.72. The van der Waals surface area contributed by atoms with Gasteiger partial charge in [-0.2, -0.15) is 0 Å². The Labute approximate surface area is 174 Å². The number of fused-ring (bicyclic) bond motifs is 3. The number of carbonyl (C=O) groups is 3. The molecule has 2 bridgehead atoms. The maximum Gasteiger partial charge on any atom is 0.341 e. The van der Waals surface area contributed by atoms with Crippen molar-refractivity contribution in [2.24, 2.45) is 23.7 Å². The number of esters is 1. The average Bonchev–Trinajstić information content (AvgIpc) is 3.35. The first-order valence-electron chi connectivity index (χ1n) is 10.5. The fourth-order valence-corrected chi connectivity index (χ4v) is 6.42. The third-order valence-corrected chi connectivity index (χ3v) is 7.64. The molecule has 0 spiro atoms. The first kappa shape index (κ1) is 20.1. The number of nitrogens with one attached hydrogen (secondary N) is 1. The Bertz CT molecular complexity index is 858. The maximum absolute atomic E-state index is 13.1. The van der Waals surface area contributed by atoms with Crippen LogP contribution in [0.25, 0.3) is 0 Å². The molecule has 1 aromatic heterocycles. The maximum atomic E-state index is 13.1. The SMILES string of the molecule is CCOC(=O)c1c(NC(=O)[C@H]2[C@H](C(=O)O)[C@H]3C=C[C@H]2C3)sc2c1CCCCCC2. The molecule has 0 radical (unpaired) electrons. The second-order valence-corrected chi connectivity index (χ2v) is 9.28. The van der Waals surface area contributed by atoms with Crippen LogP contribution in [0.3, 0.4) is 0 Å². The molecule has 2 N–H and O–H groups in total. The molecule has 4 rings (SSSR count). The molecule has 6 nitrogen and oxygen atoms in total. The van der Waals surface area contributed by atoms with Gasteiger partial charge in [0.1, 0.15) is 5.00 Å². The number of rotatable bonds is 5. The van der Waals surface area contributed by atoms with Crippen molar-refractivity contribution in [3.63, 3.8) is 0 Å². The minimum absolute atomic E-state index is 0.0480. The van der Waals surface area contributed by atoms with Crippen LogP contribution in [0.4, 0.5) is 5.00 Å². The summed E-state index contributed by atoms with van der Waals surface area (Å²) in [4.78, 5) is 38.8. The summed E-state index contributed by atoms with van der Waals surface area (Å²) in [7, 11) is 0. The number of carboxylic acids is 1. The topological polar surface area (TPSA) is 92.7 Å². The molecular formula is C22H27NO5S. The van der Waals surface area contributed by atoms with Crippen molar-refractivity contribution in [2.75, 3.05) is 11.9 Å². The molecule has 1 saturated carbocycles. The summed E-state index contributed by atoms with van der Waals surface area (Å²) in [6.45, 7) is 2.04. The lowest BCUT2D eigenvalue weighted by molar-refractivity contribution is -0.146. The number of aryl methyl sites for hydroxylation is 1. The molecule has 1 fully saturated rings. The number of allylic oxidation sites excluding steroid dienone is 2. The Morgan fingerprint density at radius 3 is 2.48 bits per heavy atom. The Morgan fingerprint density at radius 2 is 1.79 bits per heavy atom. The van der Waals surface area contributed by atoms with E-state index in [2.05, 4.69) is 5.32 Å². The minimum atomic E-state index is -0.925. The van der Waals surface area contributed by atoms with Crippen LogP contribution in [0.15, 0.2) is 12.2 Å². The molecule has 4 atom stereocenters. The summed E-state index contributed by atoms with van der Waals surface area (Å²) in [5, 5.41) is 13.1. The van der Waals surface area contributed by atoms with Crippen LogP contribution in [0.5, 0.6) is 0 Å². The monoisotopic (exact) mass is 417 g/mol.